The molecular formula is C48H80O20. The molecule has 0 spiro atoms. The van der Waals surface area contributed by atoms with Crippen molar-refractivity contribution in [1.82, 2.24) is 0 Å². The lowest BCUT2D eigenvalue weighted by Crippen LogP contribution is -2.66. The highest BCUT2D eigenvalue weighted by atomic mass is 16.8. The Morgan fingerprint density at radius 3 is 1.99 bits per heavy atom. The topological polar surface area (TPSA) is 335 Å². The molecule has 0 aromatic carbocycles. The minimum atomic E-state index is -1.83. The van der Waals surface area contributed by atoms with Crippen LogP contribution in [0.15, 0.2) is 11.6 Å². The minimum absolute atomic E-state index is 0.00468. The number of ether oxygens (including phenoxy) is 6. The third kappa shape index (κ3) is 9.10. The number of allylic oxidation sites excluding steroid dienone is 1. The number of ketones is 1. The second kappa shape index (κ2) is 19.2. The molecule has 3 saturated heterocycles. The predicted molar refractivity (Wildman–Crippen MR) is 235 cm³/mol. The number of hydrogen-bond donors (Lipinski definition) is 13. The number of aliphatic hydroxyl groups is 13. The quantitative estimate of drug-likeness (QED) is 0.0912. The fourth-order valence-corrected chi connectivity index (χ4v) is 14.0. The van der Waals surface area contributed by atoms with Crippen LogP contribution in [0.4, 0.5) is 0 Å². The first-order valence-corrected chi connectivity index (χ1v) is 24.4. The van der Waals surface area contributed by atoms with Crippen molar-refractivity contribution >= 4 is 5.78 Å². The van der Waals surface area contributed by atoms with E-state index in [1.54, 1.807) is 13.8 Å². The van der Waals surface area contributed by atoms with Gasteiger partial charge < -0.3 is 94.8 Å². The van der Waals surface area contributed by atoms with Crippen molar-refractivity contribution in [2.45, 2.75) is 229 Å². The summed E-state index contributed by atoms with van der Waals surface area (Å²) in [7, 11) is 0. The summed E-state index contributed by atoms with van der Waals surface area (Å²) in [6.45, 7) is 15.1. The molecule has 0 bridgehead atoms. The zero-order valence-corrected chi connectivity index (χ0v) is 40.7. The van der Waals surface area contributed by atoms with Crippen LogP contribution in [-0.2, 0) is 33.2 Å². The maximum Gasteiger partial charge on any atom is 0.187 e. The van der Waals surface area contributed by atoms with E-state index in [2.05, 4.69) is 26.8 Å². The Morgan fingerprint density at radius 1 is 0.765 bits per heavy atom. The molecule has 25 atom stereocenters. The summed E-state index contributed by atoms with van der Waals surface area (Å²) in [6.07, 6.45) is -22.8. The molecule has 1 unspecified atom stereocenters. The van der Waals surface area contributed by atoms with Gasteiger partial charge in [-0.1, -0.05) is 46.3 Å². The average molecular weight is 977 g/mol. The molecule has 20 heteroatoms. The maximum absolute atomic E-state index is 14.9. The van der Waals surface area contributed by atoms with Crippen molar-refractivity contribution in [3.05, 3.63) is 11.6 Å². The Balaban J connectivity index is 1.13. The zero-order valence-electron chi connectivity index (χ0n) is 40.7. The third-order valence-corrected chi connectivity index (χ3v) is 18.1. The van der Waals surface area contributed by atoms with Crippen LogP contribution in [0.5, 0.6) is 0 Å². The molecule has 0 amide bonds. The second-order valence-corrected chi connectivity index (χ2v) is 23.4. The molecule has 0 aromatic heterocycles. The summed E-state index contributed by atoms with van der Waals surface area (Å²) in [5.74, 6) is -1.74. The van der Waals surface area contributed by atoms with E-state index in [9.17, 15) is 71.2 Å². The SMILES string of the molecule is C[C@@H]1O[C@@H](O[C@H]2[C@H](O)[C@@H](O)[C@H](O[C@H]3CC[C@@]4(C)C(=CC[C@]5(C)[C@@H]4C(=O)C[C@@H]4[C@@H]([C@](C)(O)C(O)CCC(C)(C)O)[C@H](O)C[C@]45C)C3(C)C)O[C@@H]2CO[C@@H]2O[C@H](CO)[C@@H](O)[C@H](O)[C@H]2O)[C@H](O)[C@H](O)[C@H]1O. The average Bonchev–Trinajstić information content (AvgIpc) is 3.53. The molecule has 0 aromatic rings. The van der Waals surface area contributed by atoms with E-state index in [0.717, 1.165) is 5.57 Å². The van der Waals surface area contributed by atoms with Crippen molar-refractivity contribution in [2.24, 2.45) is 39.4 Å². The first kappa shape index (κ1) is 54.4. The smallest absolute Gasteiger partial charge is 0.187 e. The van der Waals surface area contributed by atoms with Crippen LogP contribution < -0.4 is 0 Å². The number of carbonyl (C=O) groups is 1. The van der Waals surface area contributed by atoms with Gasteiger partial charge in [0.2, 0.25) is 0 Å². The highest BCUT2D eigenvalue weighted by Crippen LogP contribution is 2.74. The lowest BCUT2D eigenvalue weighted by molar-refractivity contribution is -0.371. The maximum atomic E-state index is 14.9. The molecule has 7 rings (SSSR count). The number of aliphatic hydroxyl groups excluding tert-OH is 11. The van der Waals surface area contributed by atoms with Gasteiger partial charge in [0.1, 0.15) is 72.9 Å². The van der Waals surface area contributed by atoms with Crippen molar-refractivity contribution in [3.63, 3.8) is 0 Å². The second-order valence-electron chi connectivity index (χ2n) is 23.4. The summed E-state index contributed by atoms with van der Waals surface area (Å²) >= 11 is 0. The normalized spacial score (nSPS) is 50.9. The Hall–Kier alpha value is -1.35. The van der Waals surface area contributed by atoms with Gasteiger partial charge in [0, 0.05) is 23.7 Å². The largest absolute Gasteiger partial charge is 0.394 e. The molecule has 68 heavy (non-hydrogen) atoms. The molecule has 3 saturated carbocycles. The van der Waals surface area contributed by atoms with Gasteiger partial charge in [-0.2, -0.15) is 0 Å². The fourth-order valence-electron chi connectivity index (χ4n) is 14.0. The molecule has 20 nitrogen and oxygen atoms in total. The third-order valence-electron chi connectivity index (χ3n) is 18.1. The van der Waals surface area contributed by atoms with Crippen LogP contribution in [0, 0.1) is 39.4 Å². The van der Waals surface area contributed by atoms with Gasteiger partial charge >= 0.3 is 0 Å². The highest BCUT2D eigenvalue weighted by molar-refractivity contribution is 5.85. The summed E-state index contributed by atoms with van der Waals surface area (Å²) in [5.41, 5.74) is -4.68. The van der Waals surface area contributed by atoms with Gasteiger partial charge in [-0.25, -0.2) is 0 Å². The summed E-state index contributed by atoms with van der Waals surface area (Å²) in [4.78, 5) is 14.9. The van der Waals surface area contributed by atoms with E-state index in [-0.39, 0.29) is 25.0 Å². The molecule has 7 aliphatic rings. The number of fused-ring (bicyclic) bond motifs is 5. The summed E-state index contributed by atoms with van der Waals surface area (Å²) in [5, 5.41) is 142. The van der Waals surface area contributed by atoms with E-state index in [0.29, 0.717) is 25.7 Å². The molecule has 392 valence electrons. The molecule has 0 radical (unpaired) electrons. The lowest BCUT2D eigenvalue weighted by atomic mass is 9.37. The van der Waals surface area contributed by atoms with E-state index in [1.807, 2.05) is 13.8 Å². The zero-order chi connectivity index (χ0) is 50.6. The fraction of sp³-hybridized carbons (Fsp3) is 0.938. The standard InChI is InChI=1S/C48H80O20/c1-20-30(53)32(55)36(59)41(64-20)68-38-25(19-63-40-35(58)33(56)31(54)24(18-49)65-40)66-42(37(60)34(38)57)67-28-12-14-45(6)26(44(28,4)5)10-15-46(7)39(45)22(50)16-21-29(23(51)17-47(21,46)8)48(9,62)27(52)11-13-43(2,3)61/h10,20-21,23-25,27-42,49,51-62H,11-19H2,1-9H3/t20-,21+,23+,24+,25+,27?,28-,29+,30-,31+,32+,33-,34+,35+,36+,37+,38+,39+,40+,41-,42-,45-,46+,47+,48+/m0/s1. The van der Waals surface area contributed by atoms with Crippen LogP contribution in [0.1, 0.15) is 107 Å². The van der Waals surface area contributed by atoms with Gasteiger partial charge in [0.05, 0.1) is 48.8 Å². The Morgan fingerprint density at radius 2 is 1.35 bits per heavy atom. The Kier molecular flexibility index (Phi) is 15.3. The van der Waals surface area contributed by atoms with Gasteiger partial charge in [-0.05, 0) is 88.4 Å². The van der Waals surface area contributed by atoms with Crippen molar-refractivity contribution in [3.8, 4) is 0 Å². The van der Waals surface area contributed by atoms with Gasteiger partial charge in [0.25, 0.3) is 0 Å². The molecule has 3 aliphatic heterocycles. The monoisotopic (exact) mass is 977 g/mol. The predicted octanol–water partition coefficient (Wildman–Crippen LogP) is -1.73. The van der Waals surface area contributed by atoms with E-state index >= 15 is 0 Å². The first-order chi connectivity index (χ1) is 31.4. The first-order valence-electron chi connectivity index (χ1n) is 24.4. The Labute approximate surface area is 397 Å². The van der Waals surface area contributed by atoms with Crippen LogP contribution in [-0.4, -0.2) is 207 Å². The Bertz CT molecular complexity index is 1820. The van der Waals surface area contributed by atoms with Crippen LogP contribution in [0.3, 0.4) is 0 Å². The van der Waals surface area contributed by atoms with Crippen LogP contribution >= 0.6 is 0 Å². The van der Waals surface area contributed by atoms with Crippen molar-refractivity contribution < 1.29 is 99.6 Å². The highest BCUT2D eigenvalue weighted by Gasteiger charge is 2.72. The number of rotatable bonds is 13. The molecular weight excluding hydrogens is 897 g/mol. The summed E-state index contributed by atoms with van der Waals surface area (Å²) < 4.78 is 35.9. The van der Waals surface area contributed by atoms with Crippen molar-refractivity contribution in [1.29, 1.82) is 0 Å². The minimum Gasteiger partial charge on any atom is -0.394 e. The summed E-state index contributed by atoms with van der Waals surface area (Å²) in [6, 6.07) is 0. The van der Waals surface area contributed by atoms with Gasteiger partial charge in [0.15, 0.2) is 18.9 Å². The number of carbonyl (C=O) groups excluding carboxylic acids is 1. The molecule has 4 aliphatic carbocycles. The van der Waals surface area contributed by atoms with E-state index < -0.39 is 174 Å². The molecule has 3 heterocycles. The van der Waals surface area contributed by atoms with Crippen LogP contribution in [0.2, 0.25) is 0 Å². The lowest BCUT2D eigenvalue weighted by Gasteiger charge is -2.66. The molecule has 6 fully saturated rings. The van der Waals surface area contributed by atoms with Gasteiger partial charge in [-0.3, -0.25) is 4.79 Å². The van der Waals surface area contributed by atoms with Gasteiger partial charge in [-0.15, -0.1) is 0 Å². The van der Waals surface area contributed by atoms with E-state index in [4.69, 9.17) is 28.4 Å². The number of Topliss-reactive ketones (excluding diaryl/α,β-unsaturated/α-hetero) is 1. The number of hydrogen-bond acceptors (Lipinski definition) is 20. The van der Waals surface area contributed by atoms with Crippen molar-refractivity contribution in [2.75, 3.05) is 13.2 Å². The van der Waals surface area contributed by atoms with E-state index in [1.165, 1.54) is 13.8 Å². The van der Waals surface area contributed by atoms with Crippen LogP contribution in [0.25, 0.3) is 0 Å². The molecule has 13 N–H and O–H groups in total.